The summed E-state index contributed by atoms with van der Waals surface area (Å²) in [7, 11) is 0. The van der Waals surface area contributed by atoms with E-state index in [1.807, 2.05) is 61.5 Å². The molecule has 0 fully saturated rings. The maximum Gasteiger partial charge on any atom is 0.265 e. The Bertz CT molecular complexity index is 952. The molecule has 1 atom stereocenters. The van der Waals surface area contributed by atoms with Gasteiger partial charge in [-0.1, -0.05) is 48.0 Å². The normalized spacial score (nSPS) is 11.4. The van der Waals surface area contributed by atoms with Gasteiger partial charge in [0.05, 0.1) is 0 Å². The van der Waals surface area contributed by atoms with Crippen molar-refractivity contribution in [3.63, 3.8) is 0 Å². The molecule has 3 aromatic rings. The third kappa shape index (κ3) is 5.94. The summed E-state index contributed by atoms with van der Waals surface area (Å²) in [6, 6.07) is 24.0. The number of anilines is 1. The lowest BCUT2D eigenvalue weighted by Crippen LogP contribution is -2.30. The van der Waals surface area contributed by atoms with Crippen molar-refractivity contribution in [2.24, 2.45) is 0 Å². The van der Waals surface area contributed by atoms with Gasteiger partial charge in [-0.05, 0) is 55.8 Å². The molecule has 0 aliphatic heterocycles. The molecule has 5 heteroatoms. The highest BCUT2D eigenvalue weighted by Crippen LogP contribution is 2.15. The van der Waals surface area contributed by atoms with Gasteiger partial charge in [-0.15, -0.1) is 0 Å². The van der Waals surface area contributed by atoms with Gasteiger partial charge in [-0.2, -0.15) is 0 Å². The molecule has 3 rings (SSSR count). The van der Waals surface area contributed by atoms with Crippen LogP contribution in [0.2, 0.25) is 0 Å². The molecule has 5 nitrogen and oxygen atoms in total. The monoisotopic (exact) mass is 388 g/mol. The predicted octanol–water partition coefficient (Wildman–Crippen LogP) is 4.33. The van der Waals surface area contributed by atoms with Gasteiger partial charge in [0.2, 0.25) is 0 Å². The number of ether oxygens (including phenoxy) is 1. The lowest BCUT2D eigenvalue weighted by Gasteiger charge is -2.15. The van der Waals surface area contributed by atoms with Crippen LogP contribution in [0.4, 0.5) is 5.69 Å². The Morgan fingerprint density at radius 3 is 2.21 bits per heavy atom. The van der Waals surface area contributed by atoms with Gasteiger partial charge < -0.3 is 15.4 Å². The highest BCUT2D eigenvalue weighted by atomic mass is 16.5. The second-order valence-corrected chi connectivity index (χ2v) is 6.81. The molecule has 0 aliphatic rings. The number of carbonyl (C=O) groups is 2. The van der Waals surface area contributed by atoms with Crippen LogP contribution in [-0.2, 0) is 11.3 Å². The summed E-state index contributed by atoms with van der Waals surface area (Å²) >= 11 is 0. The molecular formula is C24H24N2O3. The molecule has 148 valence electrons. The van der Waals surface area contributed by atoms with Gasteiger partial charge in [0, 0.05) is 17.8 Å². The van der Waals surface area contributed by atoms with E-state index in [0.717, 1.165) is 16.8 Å². The van der Waals surface area contributed by atoms with Crippen molar-refractivity contribution in [3.05, 3.63) is 95.6 Å². The molecule has 1 unspecified atom stereocenters. The van der Waals surface area contributed by atoms with E-state index in [2.05, 4.69) is 10.6 Å². The number of amides is 2. The van der Waals surface area contributed by atoms with Crippen molar-refractivity contribution in [1.29, 1.82) is 0 Å². The lowest BCUT2D eigenvalue weighted by molar-refractivity contribution is -0.122. The van der Waals surface area contributed by atoms with Crippen LogP contribution in [0.3, 0.4) is 0 Å². The van der Waals surface area contributed by atoms with Gasteiger partial charge in [-0.3, -0.25) is 9.59 Å². The zero-order valence-electron chi connectivity index (χ0n) is 16.5. The van der Waals surface area contributed by atoms with Gasteiger partial charge in [0.25, 0.3) is 11.8 Å². The zero-order chi connectivity index (χ0) is 20.6. The van der Waals surface area contributed by atoms with E-state index in [9.17, 15) is 9.59 Å². The number of nitrogens with one attached hydrogen (secondary N) is 2. The first-order valence-electron chi connectivity index (χ1n) is 9.47. The Kier molecular flexibility index (Phi) is 6.63. The molecule has 0 saturated carbocycles. The Balaban J connectivity index is 1.51. The van der Waals surface area contributed by atoms with Crippen LogP contribution in [-0.4, -0.2) is 17.9 Å². The highest BCUT2D eigenvalue weighted by molar-refractivity contribution is 5.95. The van der Waals surface area contributed by atoms with E-state index in [-0.39, 0.29) is 11.8 Å². The first-order valence-corrected chi connectivity index (χ1v) is 9.47. The van der Waals surface area contributed by atoms with E-state index in [1.54, 1.807) is 31.2 Å². The smallest absolute Gasteiger partial charge is 0.265 e. The van der Waals surface area contributed by atoms with Crippen LogP contribution >= 0.6 is 0 Å². The molecule has 0 spiro atoms. The Hall–Kier alpha value is -3.60. The summed E-state index contributed by atoms with van der Waals surface area (Å²) in [4.78, 5) is 24.6. The molecule has 0 heterocycles. The SMILES string of the molecule is Cc1ccc(NC(=O)C(C)Oc2ccc(C(=O)NCc3ccccc3)cc2)cc1. The highest BCUT2D eigenvalue weighted by Gasteiger charge is 2.15. The Morgan fingerprint density at radius 2 is 1.55 bits per heavy atom. The Morgan fingerprint density at radius 1 is 0.897 bits per heavy atom. The minimum absolute atomic E-state index is 0.162. The molecule has 2 N–H and O–H groups in total. The van der Waals surface area contributed by atoms with Crippen molar-refractivity contribution >= 4 is 17.5 Å². The first kappa shape index (κ1) is 20.1. The topological polar surface area (TPSA) is 67.4 Å². The fourth-order valence-corrected chi connectivity index (χ4v) is 2.70. The van der Waals surface area contributed by atoms with Crippen molar-refractivity contribution < 1.29 is 14.3 Å². The van der Waals surface area contributed by atoms with E-state index in [4.69, 9.17) is 4.74 Å². The minimum atomic E-state index is -0.672. The summed E-state index contributed by atoms with van der Waals surface area (Å²) in [6.07, 6.45) is -0.672. The average molecular weight is 388 g/mol. The van der Waals surface area contributed by atoms with Crippen molar-refractivity contribution in [3.8, 4) is 5.75 Å². The van der Waals surface area contributed by atoms with Crippen LogP contribution in [0.5, 0.6) is 5.75 Å². The quantitative estimate of drug-likeness (QED) is 0.633. The van der Waals surface area contributed by atoms with E-state index >= 15 is 0 Å². The number of hydrogen-bond donors (Lipinski definition) is 2. The van der Waals surface area contributed by atoms with Crippen LogP contribution in [0.25, 0.3) is 0 Å². The largest absolute Gasteiger partial charge is 0.481 e. The van der Waals surface area contributed by atoms with Crippen molar-refractivity contribution in [1.82, 2.24) is 5.32 Å². The standard InChI is InChI=1S/C24H24N2O3/c1-17-8-12-21(13-9-17)26-23(27)18(2)29-22-14-10-20(11-15-22)24(28)25-16-19-6-4-3-5-7-19/h3-15,18H,16H2,1-2H3,(H,25,28)(H,26,27). The van der Waals surface area contributed by atoms with Gasteiger partial charge in [-0.25, -0.2) is 0 Å². The average Bonchev–Trinajstić information content (AvgIpc) is 2.75. The first-order chi connectivity index (χ1) is 14.0. The number of hydrogen-bond acceptors (Lipinski definition) is 3. The molecule has 3 aromatic carbocycles. The minimum Gasteiger partial charge on any atom is -0.481 e. The summed E-state index contributed by atoms with van der Waals surface area (Å²) < 4.78 is 5.69. The molecule has 0 aromatic heterocycles. The zero-order valence-corrected chi connectivity index (χ0v) is 16.5. The van der Waals surface area contributed by atoms with Crippen LogP contribution in [0.1, 0.15) is 28.4 Å². The fourth-order valence-electron chi connectivity index (χ4n) is 2.70. The molecule has 0 saturated heterocycles. The number of carbonyl (C=O) groups excluding carboxylic acids is 2. The molecule has 0 aliphatic carbocycles. The number of rotatable bonds is 7. The molecular weight excluding hydrogens is 364 g/mol. The maximum atomic E-state index is 12.3. The summed E-state index contributed by atoms with van der Waals surface area (Å²) in [6.45, 7) is 4.14. The van der Waals surface area contributed by atoms with E-state index in [1.165, 1.54) is 0 Å². The van der Waals surface area contributed by atoms with Gasteiger partial charge in [0.15, 0.2) is 6.10 Å². The predicted molar refractivity (Wildman–Crippen MR) is 114 cm³/mol. The Labute approximate surface area is 170 Å². The molecule has 0 radical (unpaired) electrons. The lowest BCUT2D eigenvalue weighted by atomic mass is 10.2. The van der Waals surface area contributed by atoms with Crippen molar-refractivity contribution in [2.45, 2.75) is 26.5 Å². The third-order valence-corrected chi connectivity index (χ3v) is 4.41. The summed E-state index contributed by atoms with van der Waals surface area (Å²) in [5.74, 6) is 0.125. The maximum absolute atomic E-state index is 12.3. The molecule has 0 bridgehead atoms. The van der Waals surface area contributed by atoms with Gasteiger partial charge >= 0.3 is 0 Å². The fraction of sp³-hybridized carbons (Fsp3) is 0.167. The van der Waals surface area contributed by atoms with Crippen LogP contribution in [0.15, 0.2) is 78.9 Å². The summed E-state index contributed by atoms with van der Waals surface area (Å²) in [5, 5.41) is 5.70. The van der Waals surface area contributed by atoms with Gasteiger partial charge in [0.1, 0.15) is 5.75 Å². The van der Waals surface area contributed by atoms with Crippen LogP contribution in [0, 0.1) is 6.92 Å². The number of benzene rings is 3. The second kappa shape index (κ2) is 9.55. The second-order valence-electron chi connectivity index (χ2n) is 6.81. The van der Waals surface area contributed by atoms with E-state index in [0.29, 0.717) is 17.9 Å². The molecule has 2 amide bonds. The van der Waals surface area contributed by atoms with E-state index < -0.39 is 6.10 Å². The molecule has 29 heavy (non-hydrogen) atoms. The van der Waals surface area contributed by atoms with Crippen molar-refractivity contribution in [2.75, 3.05) is 5.32 Å². The third-order valence-electron chi connectivity index (χ3n) is 4.41. The van der Waals surface area contributed by atoms with Crippen LogP contribution < -0.4 is 15.4 Å². The summed E-state index contributed by atoms with van der Waals surface area (Å²) in [5.41, 5.74) is 3.42. The number of aryl methyl sites for hydroxylation is 1.